The lowest BCUT2D eigenvalue weighted by Gasteiger charge is -2.17. The first-order valence-corrected chi connectivity index (χ1v) is 11.0. The minimum absolute atomic E-state index is 0.00360. The molecule has 3 aromatic heterocycles. The van der Waals surface area contributed by atoms with Gasteiger partial charge in [0.1, 0.15) is 10.8 Å². The summed E-state index contributed by atoms with van der Waals surface area (Å²) in [6, 6.07) is 6.17. The Morgan fingerprint density at radius 1 is 1.19 bits per heavy atom. The highest BCUT2D eigenvalue weighted by Gasteiger charge is 2.25. The Kier molecular flexibility index (Phi) is 6.09. The molecular formula is C23H23FN6OS. The molecule has 3 heterocycles. The molecular weight excluding hydrogens is 427 g/mol. The summed E-state index contributed by atoms with van der Waals surface area (Å²) in [5.41, 5.74) is 3.57. The minimum atomic E-state index is -0.306. The fourth-order valence-corrected chi connectivity index (χ4v) is 4.15. The number of carbonyl (C=O) groups excluding carboxylic acids is 1. The predicted molar refractivity (Wildman–Crippen MR) is 121 cm³/mol. The van der Waals surface area contributed by atoms with Crippen LogP contribution >= 0.6 is 11.3 Å². The first-order chi connectivity index (χ1) is 15.3. The molecule has 0 saturated heterocycles. The number of aromatic nitrogens is 5. The molecule has 0 atom stereocenters. The Balaban J connectivity index is 1.72. The number of amides is 1. The van der Waals surface area contributed by atoms with E-state index in [0.29, 0.717) is 23.8 Å². The highest BCUT2D eigenvalue weighted by Crippen LogP contribution is 2.26. The molecule has 1 amide bonds. The van der Waals surface area contributed by atoms with Gasteiger partial charge in [-0.1, -0.05) is 13.8 Å². The summed E-state index contributed by atoms with van der Waals surface area (Å²) < 4.78 is 15.0. The normalized spacial score (nSPS) is 11.2. The lowest BCUT2D eigenvalue weighted by molar-refractivity contribution is 0.0783. The van der Waals surface area contributed by atoms with E-state index in [1.54, 1.807) is 47.4 Å². The SMILES string of the molecule is Cc1cnc(-n2ncc(C(=O)N(C)Cc3nccs3)c2C(C)C)nc1-c1ccc(F)cc1. The molecule has 0 unspecified atom stereocenters. The van der Waals surface area contributed by atoms with Gasteiger partial charge in [-0.15, -0.1) is 11.3 Å². The quantitative estimate of drug-likeness (QED) is 0.428. The number of carbonyl (C=O) groups is 1. The summed E-state index contributed by atoms with van der Waals surface area (Å²) in [6.07, 6.45) is 5.00. The fraction of sp³-hybridized carbons (Fsp3) is 0.261. The van der Waals surface area contributed by atoms with Crippen molar-refractivity contribution in [2.45, 2.75) is 33.2 Å². The van der Waals surface area contributed by atoms with Gasteiger partial charge in [-0.3, -0.25) is 4.79 Å². The monoisotopic (exact) mass is 450 g/mol. The third kappa shape index (κ3) is 4.29. The van der Waals surface area contributed by atoms with Crippen LogP contribution in [0.4, 0.5) is 4.39 Å². The van der Waals surface area contributed by atoms with E-state index < -0.39 is 0 Å². The minimum Gasteiger partial charge on any atom is -0.335 e. The van der Waals surface area contributed by atoms with Crippen molar-refractivity contribution in [2.75, 3.05) is 7.05 Å². The Bertz CT molecular complexity index is 1230. The van der Waals surface area contributed by atoms with Crippen molar-refractivity contribution < 1.29 is 9.18 Å². The third-order valence-electron chi connectivity index (χ3n) is 5.05. The topological polar surface area (TPSA) is 76.8 Å². The van der Waals surface area contributed by atoms with Crippen LogP contribution in [-0.2, 0) is 6.54 Å². The highest BCUT2D eigenvalue weighted by molar-refractivity contribution is 7.09. The van der Waals surface area contributed by atoms with Crippen molar-refractivity contribution in [1.29, 1.82) is 0 Å². The average Bonchev–Trinajstić information content (AvgIpc) is 3.44. The third-order valence-corrected chi connectivity index (χ3v) is 5.82. The van der Waals surface area contributed by atoms with Crippen molar-refractivity contribution in [3.05, 3.63) is 75.9 Å². The Morgan fingerprint density at radius 3 is 2.59 bits per heavy atom. The number of hydrogen-bond donors (Lipinski definition) is 0. The maximum absolute atomic E-state index is 13.4. The van der Waals surface area contributed by atoms with E-state index in [4.69, 9.17) is 4.98 Å². The molecule has 7 nitrogen and oxygen atoms in total. The van der Waals surface area contributed by atoms with Crippen LogP contribution in [0.5, 0.6) is 0 Å². The number of benzene rings is 1. The van der Waals surface area contributed by atoms with Gasteiger partial charge in [0.05, 0.1) is 29.7 Å². The van der Waals surface area contributed by atoms with E-state index in [9.17, 15) is 9.18 Å². The molecule has 0 aliphatic heterocycles. The molecule has 164 valence electrons. The van der Waals surface area contributed by atoms with Crippen LogP contribution in [-0.4, -0.2) is 42.6 Å². The number of halogens is 1. The summed E-state index contributed by atoms with van der Waals surface area (Å²) in [5, 5.41) is 7.21. The zero-order chi connectivity index (χ0) is 22.8. The molecule has 0 saturated carbocycles. The lowest BCUT2D eigenvalue weighted by atomic mass is 10.0. The smallest absolute Gasteiger partial charge is 0.257 e. The Morgan fingerprint density at radius 2 is 1.94 bits per heavy atom. The van der Waals surface area contributed by atoms with Gasteiger partial charge in [0.2, 0.25) is 0 Å². The molecule has 0 aliphatic rings. The number of thiazole rings is 1. The van der Waals surface area contributed by atoms with Crippen molar-refractivity contribution in [3.8, 4) is 17.2 Å². The molecule has 0 N–H and O–H groups in total. The molecule has 0 bridgehead atoms. The van der Waals surface area contributed by atoms with E-state index in [-0.39, 0.29) is 17.6 Å². The number of nitrogens with zero attached hydrogens (tertiary/aromatic N) is 6. The van der Waals surface area contributed by atoms with Gasteiger partial charge in [0.25, 0.3) is 11.9 Å². The largest absolute Gasteiger partial charge is 0.335 e. The molecule has 0 fully saturated rings. The van der Waals surface area contributed by atoms with Crippen molar-refractivity contribution in [2.24, 2.45) is 0 Å². The number of rotatable bonds is 6. The Hall–Kier alpha value is -3.46. The Labute approximate surface area is 189 Å². The lowest BCUT2D eigenvalue weighted by Crippen LogP contribution is -2.27. The second-order valence-electron chi connectivity index (χ2n) is 7.81. The van der Waals surface area contributed by atoms with Crippen LogP contribution in [0, 0.1) is 12.7 Å². The van der Waals surface area contributed by atoms with E-state index in [1.165, 1.54) is 23.5 Å². The van der Waals surface area contributed by atoms with Crippen molar-refractivity contribution in [3.63, 3.8) is 0 Å². The average molecular weight is 451 g/mol. The summed E-state index contributed by atoms with van der Waals surface area (Å²) in [7, 11) is 1.75. The maximum Gasteiger partial charge on any atom is 0.257 e. The van der Waals surface area contributed by atoms with Gasteiger partial charge < -0.3 is 4.90 Å². The zero-order valence-corrected chi connectivity index (χ0v) is 19.1. The van der Waals surface area contributed by atoms with Crippen LogP contribution in [0.15, 0.2) is 48.2 Å². The number of aryl methyl sites for hydroxylation is 1. The van der Waals surface area contributed by atoms with Gasteiger partial charge in [-0.05, 0) is 42.7 Å². The summed E-state index contributed by atoms with van der Waals surface area (Å²) >= 11 is 1.51. The molecule has 0 radical (unpaired) electrons. The molecule has 4 rings (SSSR count). The molecule has 9 heteroatoms. The molecule has 1 aromatic carbocycles. The van der Waals surface area contributed by atoms with Gasteiger partial charge in [-0.2, -0.15) is 5.10 Å². The van der Waals surface area contributed by atoms with Crippen LogP contribution in [0.1, 0.15) is 46.4 Å². The van der Waals surface area contributed by atoms with E-state index in [0.717, 1.165) is 21.8 Å². The van der Waals surface area contributed by atoms with Crippen LogP contribution in [0.3, 0.4) is 0 Å². The van der Waals surface area contributed by atoms with Gasteiger partial charge in [0, 0.05) is 30.4 Å². The first-order valence-electron chi connectivity index (χ1n) is 10.2. The zero-order valence-electron chi connectivity index (χ0n) is 18.3. The summed E-state index contributed by atoms with van der Waals surface area (Å²) in [5.74, 6) is -0.0787. The van der Waals surface area contributed by atoms with E-state index in [1.807, 2.05) is 26.2 Å². The van der Waals surface area contributed by atoms with E-state index in [2.05, 4.69) is 15.1 Å². The molecule has 4 aromatic rings. The van der Waals surface area contributed by atoms with E-state index >= 15 is 0 Å². The maximum atomic E-state index is 13.4. The highest BCUT2D eigenvalue weighted by atomic mass is 32.1. The van der Waals surface area contributed by atoms with Crippen LogP contribution in [0.2, 0.25) is 0 Å². The van der Waals surface area contributed by atoms with Gasteiger partial charge in [0.15, 0.2) is 0 Å². The second-order valence-corrected chi connectivity index (χ2v) is 8.78. The number of hydrogen-bond acceptors (Lipinski definition) is 6. The summed E-state index contributed by atoms with van der Waals surface area (Å²) in [6.45, 7) is 6.33. The molecule has 32 heavy (non-hydrogen) atoms. The van der Waals surface area contributed by atoms with Crippen LogP contribution < -0.4 is 0 Å². The molecule has 0 aliphatic carbocycles. The standard InChI is InChI=1S/C23H23FN6OS/c1-14(2)21-18(22(31)29(4)13-19-25-9-10-32-19)12-27-30(21)23-26-11-15(3)20(28-23)16-5-7-17(24)8-6-16/h5-12,14H,13H2,1-4H3. The van der Waals surface area contributed by atoms with Crippen molar-refractivity contribution in [1.82, 2.24) is 29.6 Å². The first kappa shape index (κ1) is 21.8. The van der Waals surface area contributed by atoms with Crippen LogP contribution in [0.25, 0.3) is 17.2 Å². The van der Waals surface area contributed by atoms with Crippen molar-refractivity contribution >= 4 is 17.2 Å². The fourth-order valence-electron chi connectivity index (χ4n) is 3.48. The predicted octanol–water partition coefficient (Wildman–Crippen LogP) is 4.63. The second kappa shape index (κ2) is 8.96. The van der Waals surface area contributed by atoms with Gasteiger partial charge >= 0.3 is 0 Å². The molecule has 0 spiro atoms. The van der Waals surface area contributed by atoms with Gasteiger partial charge in [-0.25, -0.2) is 24.0 Å². The summed E-state index contributed by atoms with van der Waals surface area (Å²) in [4.78, 5) is 28.2.